The molecule has 12 heteroatoms. The molecule has 4 aromatic carbocycles. The number of nitrogens with zero attached hydrogens (tertiary/aromatic N) is 3. The van der Waals surface area contributed by atoms with Gasteiger partial charge in [-0.1, -0.05) is 59.6 Å². The van der Waals surface area contributed by atoms with Gasteiger partial charge in [0.25, 0.3) is 0 Å². The van der Waals surface area contributed by atoms with E-state index in [1.807, 2.05) is 53.4 Å². The first-order chi connectivity index (χ1) is 22.0. The van der Waals surface area contributed by atoms with E-state index in [0.29, 0.717) is 65.8 Å². The minimum absolute atomic E-state index is 0.0137. The number of hydrogen-bond acceptors (Lipinski definition) is 10. The highest BCUT2D eigenvalue weighted by Crippen LogP contribution is 2.36. The van der Waals surface area contributed by atoms with Gasteiger partial charge in [0.05, 0.1) is 28.8 Å². The first-order valence-electron chi connectivity index (χ1n) is 14.2. The monoisotopic (exact) mass is 651 g/mol. The Labute approximate surface area is 269 Å². The molecule has 0 amide bonds. The van der Waals surface area contributed by atoms with Gasteiger partial charge >= 0.3 is 0 Å². The molecule has 0 unspecified atom stereocenters. The number of aliphatic hydroxyl groups excluding tert-OH is 2. The van der Waals surface area contributed by atoms with Crippen LogP contribution in [0.5, 0.6) is 17.2 Å². The second kappa shape index (κ2) is 15.7. The lowest BCUT2D eigenvalue weighted by molar-refractivity contribution is 0.111. The van der Waals surface area contributed by atoms with Crippen molar-refractivity contribution in [3.63, 3.8) is 0 Å². The van der Waals surface area contributed by atoms with Crippen LogP contribution in [0.4, 0.5) is 0 Å². The van der Waals surface area contributed by atoms with Crippen molar-refractivity contribution in [1.82, 2.24) is 15.2 Å². The average molecular weight is 653 g/mol. The molecule has 1 heterocycles. The van der Waals surface area contributed by atoms with Gasteiger partial charge in [0.1, 0.15) is 48.1 Å². The minimum atomic E-state index is 0.0137. The summed E-state index contributed by atoms with van der Waals surface area (Å²) in [6.07, 6.45) is 0.675. The predicted octanol–water partition coefficient (Wildman–Crippen LogP) is 5.83. The largest absolute Gasteiger partial charge is 0.492 e. The van der Waals surface area contributed by atoms with Crippen LogP contribution in [0.25, 0.3) is 22.2 Å². The van der Waals surface area contributed by atoms with E-state index in [1.165, 1.54) is 6.07 Å². The third kappa shape index (κ3) is 8.30. The van der Waals surface area contributed by atoms with Crippen LogP contribution in [0, 0.1) is 0 Å². The van der Waals surface area contributed by atoms with Crippen molar-refractivity contribution in [3.05, 3.63) is 99.5 Å². The molecular formula is C33H31Cl2N3O7. The van der Waals surface area contributed by atoms with Crippen molar-refractivity contribution in [1.29, 1.82) is 0 Å². The molecule has 0 aliphatic rings. The van der Waals surface area contributed by atoms with Crippen LogP contribution in [0.3, 0.4) is 0 Å². The molecule has 1 aromatic heterocycles. The molecule has 10 nitrogen and oxygen atoms in total. The van der Waals surface area contributed by atoms with Crippen molar-refractivity contribution in [3.8, 4) is 28.4 Å². The standard InChI is InChI=1S/C33H31Cl2N3O7/c34-28-17-25(19-41)31(43-20-22-7-8-29-30(15-22)37-45-36-29)18-32(28)44-21-24-4-2-6-27(33(24)35)23-3-1-5-26(16-23)42-14-11-38(9-12-39)10-13-40/h1-8,15-19,39-40H,9-14,20-21H2. The second-order valence-corrected chi connectivity index (χ2v) is 10.8. The molecule has 5 aromatic rings. The van der Waals surface area contributed by atoms with Crippen molar-refractivity contribution >= 4 is 40.5 Å². The second-order valence-electron chi connectivity index (χ2n) is 10.0. The van der Waals surface area contributed by atoms with Gasteiger partial charge in [0.15, 0.2) is 6.29 Å². The first kappa shape index (κ1) is 32.2. The Kier molecular flexibility index (Phi) is 11.2. The molecular weight excluding hydrogens is 621 g/mol. The topological polar surface area (TPSA) is 127 Å². The van der Waals surface area contributed by atoms with E-state index in [-0.39, 0.29) is 37.0 Å². The van der Waals surface area contributed by atoms with Gasteiger partial charge < -0.3 is 24.4 Å². The number of aromatic nitrogens is 2. The highest BCUT2D eigenvalue weighted by atomic mass is 35.5. The van der Waals surface area contributed by atoms with Gasteiger partial charge in [-0.3, -0.25) is 9.69 Å². The number of carbonyl (C=O) groups excluding carboxylic acids is 1. The van der Waals surface area contributed by atoms with Crippen LogP contribution in [0.1, 0.15) is 21.5 Å². The number of carbonyl (C=O) groups is 1. The van der Waals surface area contributed by atoms with E-state index in [1.54, 1.807) is 18.2 Å². The zero-order chi connectivity index (χ0) is 31.6. The van der Waals surface area contributed by atoms with Gasteiger partial charge in [0, 0.05) is 36.8 Å². The summed E-state index contributed by atoms with van der Waals surface area (Å²) >= 11 is 13.3. The number of ether oxygens (including phenoxy) is 3. The Balaban J connectivity index is 1.26. The summed E-state index contributed by atoms with van der Waals surface area (Å²) in [6.45, 7) is 2.21. The fraction of sp³-hybridized carbons (Fsp3) is 0.242. The molecule has 45 heavy (non-hydrogen) atoms. The number of halogens is 2. The van der Waals surface area contributed by atoms with E-state index in [2.05, 4.69) is 10.3 Å². The molecule has 0 spiro atoms. The number of aliphatic hydroxyl groups is 2. The van der Waals surface area contributed by atoms with Gasteiger partial charge in [0.2, 0.25) is 0 Å². The average Bonchev–Trinajstić information content (AvgIpc) is 3.52. The number of aldehydes is 1. The van der Waals surface area contributed by atoms with Crippen molar-refractivity contribution in [2.45, 2.75) is 13.2 Å². The first-order valence-corrected chi connectivity index (χ1v) is 14.9. The van der Waals surface area contributed by atoms with Crippen LogP contribution in [0.2, 0.25) is 10.0 Å². The van der Waals surface area contributed by atoms with Crippen LogP contribution in [0.15, 0.2) is 77.4 Å². The van der Waals surface area contributed by atoms with E-state index in [9.17, 15) is 15.0 Å². The smallest absolute Gasteiger partial charge is 0.153 e. The Morgan fingerprint density at radius 3 is 2.38 bits per heavy atom. The maximum Gasteiger partial charge on any atom is 0.153 e. The van der Waals surface area contributed by atoms with Crippen molar-refractivity contribution in [2.75, 3.05) is 39.5 Å². The molecule has 0 fully saturated rings. The predicted molar refractivity (Wildman–Crippen MR) is 170 cm³/mol. The van der Waals surface area contributed by atoms with Crippen molar-refractivity contribution < 1.29 is 33.8 Å². The van der Waals surface area contributed by atoms with Gasteiger partial charge in [-0.05, 0) is 51.8 Å². The molecule has 0 atom stereocenters. The third-order valence-electron chi connectivity index (χ3n) is 7.02. The summed E-state index contributed by atoms with van der Waals surface area (Å²) in [6, 6.07) is 21.8. The molecule has 234 valence electrons. The van der Waals surface area contributed by atoms with Crippen LogP contribution in [-0.4, -0.2) is 71.2 Å². The lowest BCUT2D eigenvalue weighted by Gasteiger charge is -2.20. The number of rotatable bonds is 16. The Morgan fingerprint density at radius 1 is 0.800 bits per heavy atom. The zero-order valence-electron chi connectivity index (χ0n) is 24.2. The molecule has 2 N–H and O–H groups in total. The fourth-order valence-electron chi connectivity index (χ4n) is 4.69. The summed E-state index contributed by atoms with van der Waals surface area (Å²) in [4.78, 5) is 13.7. The van der Waals surface area contributed by atoms with E-state index >= 15 is 0 Å². The molecule has 0 bridgehead atoms. The highest BCUT2D eigenvalue weighted by Gasteiger charge is 2.15. The van der Waals surface area contributed by atoms with E-state index in [4.69, 9.17) is 42.0 Å². The number of hydrogen-bond donors (Lipinski definition) is 2. The highest BCUT2D eigenvalue weighted by molar-refractivity contribution is 6.34. The maximum absolute atomic E-state index is 11.7. The molecule has 0 saturated heterocycles. The SMILES string of the molecule is O=Cc1cc(Cl)c(OCc2cccc(-c3cccc(OCCN(CCO)CCO)c3)c2Cl)cc1OCc1ccc2nonc2c1. The molecule has 0 aliphatic heterocycles. The normalized spacial score (nSPS) is 11.2. The Hall–Kier alpha value is -4.19. The summed E-state index contributed by atoms with van der Waals surface area (Å²) in [5.41, 5.74) is 4.74. The molecule has 0 saturated carbocycles. The molecule has 0 radical (unpaired) electrons. The summed E-state index contributed by atoms with van der Waals surface area (Å²) < 4.78 is 22.7. The third-order valence-corrected chi connectivity index (χ3v) is 7.76. The number of fused-ring (bicyclic) bond motifs is 1. The molecule has 0 aliphatic carbocycles. The molecule has 5 rings (SSSR count). The fourth-order valence-corrected chi connectivity index (χ4v) is 5.21. The lowest BCUT2D eigenvalue weighted by Crippen LogP contribution is -2.33. The lowest BCUT2D eigenvalue weighted by atomic mass is 10.0. The van der Waals surface area contributed by atoms with Gasteiger partial charge in [-0.25, -0.2) is 4.63 Å². The Morgan fingerprint density at radius 2 is 1.58 bits per heavy atom. The van der Waals surface area contributed by atoms with Gasteiger partial charge in [-0.15, -0.1) is 0 Å². The van der Waals surface area contributed by atoms with E-state index in [0.717, 1.165) is 22.3 Å². The van der Waals surface area contributed by atoms with Gasteiger partial charge in [-0.2, -0.15) is 0 Å². The van der Waals surface area contributed by atoms with Crippen LogP contribution >= 0.6 is 23.2 Å². The van der Waals surface area contributed by atoms with Crippen LogP contribution < -0.4 is 14.2 Å². The van der Waals surface area contributed by atoms with Crippen LogP contribution in [-0.2, 0) is 13.2 Å². The van der Waals surface area contributed by atoms with Crippen molar-refractivity contribution in [2.24, 2.45) is 0 Å². The number of benzene rings is 4. The van der Waals surface area contributed by atoms with E-state index < -0.39 is 0 Å². The quantitative estimate of drug-likeness (QED) is 0.126. The summed E-state index contributed by atoms with van der Waals surface area (Å²) in [5.74, 6) is 1.32. The Bertz CT molecular complexity index is 1740. The maximum atomic E-state index is 11.7. The zero-order valence-corrected chi connectivity index (χ0v) is 25.7. The summed E-state index contributed by atoms with van der Waals surface area (Å²) in [5, 5.41) is 26.8. The summed E-state index contributed by atoms with van der Waals surface area (Å²) in [7, 11) is 0. The minimum Gasteiger partial charge on any atom is -0.492 e.